The summed E-state index contributed by atoms with van der Waals surface area (Å²) in [4.78, 5) is 0. The van der Waals surface area contributed by atoms with Gasteiger partial charge in [-0.15, -0.1) is 0 Å². The van der Waals surface area contributed by atoms with Crippen LogP contribution in [0.25, 0.3) is 0 Å². The van der Waals surface area contributed by atoms with Crippen LogP contribution in [0.5, 0.6) is 0 Å². The van der Waals surface area contributed by atoms with Crippen molar-refractivity contribution in [2.24, 2.45) is 5.92 Å². The first-order chi connectivity index (χ1) is 9.33. The normalized spacial score (nSPS) is 16.5. The van der Waals surface area contributed by atoms with Crippen LogP contribution in [0.3, 0.4) is 0 Å². The molecule has 0 aliphatic heterocycles. The minimum atomic E-state index is 0.333. The summed E-state index contributed by atoms with van der Waals surface area (Å²) in [5.41, 5.74) is 2.78. The number of hydrogen-bond acceptors (Lipinski definition) is 2. The van der Waals surface area contributed by atoms with Gasteiger partial charge in [-0.05, 0) is 42.9 Å². The molecule has 1 aromatic carbocycles. The number of nitrogens with one attached hydrogen (secondary N) is 1. The van der Waals surface area contributed by atoms with Gasteiger partial charge in [0.15, 0.2) is 0 Å². The molecule has 0 heterocycles. The third-order valence-electron chi connectivity index (χ3n) is 3.71. The van der Waals surface area contributed by atoms with E-state index < -0.39 is 0 Å². The fourth-order valence-electron chi connectivity index (χ4n) is 2.36. The number of ether oxygens (including phenoxy) is 1. The second-order valence-electron chi connectivity index (χ2n) is 5.58. The predicted molar refractivity (Wildman–Crippen MR) is 80.4 cm³/mol. The van der Waals surface area contributed by atoms with Crippen LogP contribution >= 0.6 is 0 Å². The third kappa shape index (κ3) is 4.96. The Kier molecular flexibility index (Phi) is 5.87. The fourth-order valence-corrected chi connectivity index (χ4v) is 2.36. The van der Waals surface area contributed by atoms with E-state index in [9.17, 15) is 0 Å². The van der Waals surface area contributed by atoms with Crippen LogP contribution in [0.2, 0.25) is 0 Å². The molecule has 2 nitrogen and oxygen atoms in total. The molecule has 1 N–H and O–H groups in total. The van der Waals surface area contributed by atoms with Crippen molar-refractivity contribution in [2.45, 2.75) is 45.6 Å². The van der Waals surface area contributed by atoms with E-state index in [0.717, 1.165) is 25.7 Å². The molecule has 0 radical (unpaired) electrons. The van der Waals surface area contributed by atoms with Gasteiger partial charge in [-0.1, -0.05) is 44.5 Å². The Bertz CT molecular complexity index is 356. The van der Waals surface area contributed by atoms with Crippen molar-refractivity contribution in [1.29, 1.82) is 0 Å². The van der Waals surface area contributed by atoms with Gasteiger partial charge in [-0.2, -0.15) is 0 Å². The smallest absolute Gasteiger partial charge is 0.0661 e. The summed E-state index contributed by atoms with van der Waals surface area (Å²) in [7, 11) is 0. The largest absolute Gasteiger partial charge is 0.379 e. The average molecular weight is 261 g/mol. The molecule has 1 aliphatic carbocycles. The molecular weight excluding hydrogens is 234 g/mol. The van der Waals surface area contributed by atoms with E-state index >= 15 is 0 Å². The monoisotopic (exact) mass is 261 g/mol. The van der Waals surface area contributed by atoms with Gasteiger partial charge in [-0.25, -0.2) is 0 Å². The summed E-state index contributed by atoms with van der Waals surface area (Å²) in [6, 6.07) is 9.34. The van der Waals surface area contributed by atoms with Gasteiger partial charge in [0.1, 0.15) is 0 Å². The fraction of sp³-hybridized carbons (Fsp3) is 0.647. The van der Waals surface area contributed by atoms with E-state index in [-0.39, 0.29) is 0 Å². The highest BCUT2D eigenvalue weighted by Crippen LogP contribution is 2.29. The Labute approximate surface area is 117 Å². The first kappa shape index (κ1) is 14.5. The molecule has 19 heavy (non-hydrogen) atoms. The lowest BCUT2D eigenvalue weighted by atomic mass is 10.0. The zero-order valence-electron chi connectivity index (χ0n) is 12.3. The van der Waals surface area contributed by atoms with Crippen LogP contribution < -0.4 is 5.32 Å². The predicted octanol–water partition coefficient (Wildman–Crippen LogP) is 3.72. The molecule has 1 atom stereocenters. The molecule has 1 saturated carbocycles. The molecule has 0 spiro atoms. The lowest BCUT2D eigenvalue weighted by Gasteiger charge is -2.19. The van der Waals surface area contributed by atoms with Crippen molar-refractivity contribution in [3.63, 3.8) is 0 Å². The first-order valence-electron chi connectivity index (χ1n) is 7.73. The molecule has 2 rings (SSSR count). The molecule has 1 aromatic rings. The molecule has 0 saturated heterocycles. The summed E-state index contributed by atoms with van der Waals surface area (Å²) in [5.74, 6) is 0.842. The maximum Gasteiger partial charge on any atom is 0.0661 e. The van der Waals surface area contributed by atoms with Gasteiger partial charge in [0.25, 0.3) is 0 Å². The van der Waals surface area contributed by atoms with Gasteiger partial charge in [0.2, 0.25) is 0 Å². The summed E-state index contributed by atoms with van der Waals surface area (Å²) in [5, 5.41) is 3.52. The van der Waals surface area contributed by atoms with Crippen LogP contribution in [0.4, 0.5) is 0 Å². The highest BCUT2D eigenvalue weighted by atomic mass is 16.5. The van der Waals surface area contributed by atoms with E-state index in [0.29, 0.717) is 6.04 Å². The van der Waals surface area contributed by atoms with Crippen LogP contribution in [-0.4, -0.2) is 19.8 Å². The number of rotatable bonds is 9. The number of likely N-dealkylation sites (N-methyl/N-ethyl adjacent to an activating group) is 1. The minimum absolute atomic E-state index is 0.333. The second-order valence-corrected chi connectivity index (χ2v) is 5.58. The van der Waals surface area contributed by atoms with Crippen molar-refractivity contribution in [1.82, 2.24) is 5.32 Å². The van der Waals surface area contributed by atoms with Crippen molar-refractivity contribution in [2.75, 3.05) is 19.8 Å². The SMILES string of the molecule is CCCc1ccc(C(COCC2CC2)NCC)cc1. The molecular formula is C17H27NO. The van der Waals surface area contributed by atoms with E-state index in [1.165, 1.54) is 36.8 Å². The van der Waals surface area contributed by atoms with Crippen LogP contribution in [0.1, 0.15) is 50.3 Å². The van der Waals surface area contributed by atoms with E-state index in [1.807, 2.05) is 0 Å². The van der Waals surface area contributed by atoms with E-state index in [2.05, 4.69) is 43.4 Å². The lowest BCUT2D eigenvalue weighted by molar-refractivity contribution is 0.103. The van der Waals surface area contributed by atoms with Gasteiger partial charge in [0.05, 0.1) is 12.6 Å². The van der Waals surface area contributed by atoms with Crippen LogP contribution in [0.15, 0.2) is 24.3 Å². The molecule has 1 fully saturated rings. The first-order valence-corrected chi connectivity index (χ1v) is 7.73. The standard InChI is InChI=1S/C17H27NO/c1-3-5-14-8-10-16(11-9-14)17(18-4-2)13-19-12-15-6-7-15/h8-11,15,17-18H,3-7,12-13H2,1-2H3. The molecule has 0 aromatic heterocycles. The van der Waals surface area contributed by atoms with Gasteiger partial charge in [-0.3, -0.25) is 0 Å². The van der Waals surface area contributed by atoms with E-state index in [4.69, 9.17) is 4.74 Å². The quantitative estimate of drug-likeness (QED) is 0.731. The topological polar surface area (TPSA) is 21.3 Å². The summed E-state index contributed by atoms with van der Waals surface area (Å²) >= 11 is 0. The van der Waals surface area contributed by atoms with Crippen molar-refractivity contribution in [3.05, 3.63) is 35.4 Å². The molecule has 1 unspecified atom stereocenters. The highest BCUT2D eigenvalue weighted by Gasteiger charge is 2.22. The van der Waals surface area contributed by atoms with Crippen molar-refractivity contribution in [3.8, 4) is 0 Å². The zero-order chi connectivity index (χ0) is 13.5. The molecule has 106 valence electrons. The Morgan fingerprint density at radius 2 is 1.95 bits per heavy atom. The average Bonchev–Trinajstić information content (AvgIpc) is 3.23. The Hall–Kier alpha value is -0.860. The zero-order valence-corrected chi connectivity index (χ0v) is 12.3. The van der Waals surface area contributed by atoms with Crippen LogP contribution in [-0.2, 0) is 11.2 Å². The second kappa shape index (κ2) is 7.66. The molecule has 0 amide bonds. The minimum Gasteiger partial charge on any atom is -0.379 e. The molecule has 1 aliphatic rings. The van der Waals surface area contributed by atoms with Gasteiger partial charge in [0, 0.05) is 6.61 Å². The number of benzene rings is 1. The molecule has 0 bridgehead atoms. The highest BCUT2D eigenvalue weighted by molar-refractivity contribution is 5.25. The van der Waals surface area contributed by atoms with Gasteiger partial charge >= 0.3 is 0 Å². The third-order valence-corrected chi connectivity index (χ3v) is 3.71. The van der Waals surface area contributed by atoms with Crippen molar-refractivity contribution >= 4 is 0 Å². The number of hydrogen-bond donors (Lipinski definition) is 1. The summed E-state index contributed by atoms with van der Waals surface area (Å²) in [6.45, 7) is 7.09. The van der Waals surface area contributed by atoms with E-state index in [1.54, 1.807) is 0 Å². The summed E-state index contributed by atoms with van der Waals surface area (Å²) in [6.07, 6.45) is 5.10. The van der Waals surface area contributed by atoms with Crippen molar-refractivity contribution < 1.29 is 4.74 Å². The molecule has 2 heteroatoms. The maximum atomic E-state index is 5.84. The van der Waals surface area contributed by atoms with Gasteiger partial charge < -0.3 is 10.1 Å². The summed E-state index contributed by atoms with van der Waals surface area (Å²) < 4.78 is 5.84. The maximum absolute atomic E-state index is 5.84. The number of aryl methyl sites for hydroxylation is 1. The Balaban J connectivity index is 1.87. The lowest BCUT2D eigenvalue weighted by Crippen LogP contribution is -2.25. The Morgan fingerprint density at radius 1 is 1.21 bits per heavy atom. The Morgan fingerprint density at radius 3 is 2.53 bits per heavy atom. The van der Waals surface area contributed by atoms with Crippen LogP contribution in [0, 0.1) is 5.92 Å².